The molecule has 2 unspecified atom stereocenters. The van der Waals surface area contributed by atoms with E-state index < -0.39 is 12.0 Å². The van der Waals surface area contributed by atoms with Gasteiger partial charge in [0.1, 0.15) is 6.04 Å². The van der Waals surface area contributed by atoms with Gasteiger partial charge in [0.2, 0.25) is 0 Å². The minimum Gasteiger partial charge on any atom is -0.480 e. The van der Waals surface area contributed by atoms with E-state index in [0.29, 0.717) is 13.0 Å². The fourth-order valence-corrected chi connectivity index (χ4v) is 2.04. The molecule has 2 atom stereocenters. The van der Waals surface area contributed by atoms with Crippen LogP contribution in [0.2, 0.25) is 0 Å². The van der Waals surface area contributed by atoms with E-state index in [1.54, 1.807) is 7.05 Å². The SMILES string of the molecule is CCC(C)C(NC(=O)N(C)Cc1ccccc1C)C(=O)O. The van der Waals surface area contributed by atoms with Crippen LogP contribution in [0.25, 0.3) is 0 Å². The summed E-state index contributed by atoms with van der Waals surface area (Å²) in [6.07, 6.45) is 0.693. The van der Waals surface area contributed by atoms with Crippen molar-refractivity contribution in [3.8, 4) is 0 Å². The van der Waals surface area contributed by atoms with Crippen LogP contribution in [0.1, 0.15) is 31.4 Å². The van der Waals surface area contributed by atoms with Crippen molar-refractivity contribution >= 4 is 12.0 Å². The van der Waals surface area contributed by atoms with Crippen LogP contribution in [0.15, 0.2) is 24.3 Å². The zero-order chi connectivity index (χ0) is 16.0. The zero-order valence-corrected chi connectivity index (χ0v) is 13.1. The highest BCUT2D eigenvalue weighted by molar-refractivity contribution is 5.82. The van der Waals surface area contributed by atoms with Gasteiger partial charge in [-0.1, -0.05) is 44.5 Å². The number of aliphatic carboxylic acids is 1. The largest absolute Gasteiger partial charge is 0.480 e. The van der Waals surface area contributed by atoms with Crippen LogP contribution >= 0.6 is 0 Å². The maximum atomic E-state index is 12.1. The minimum absolute atomic E-state index is 0.113. The van der Waals surface area contributed by atoms with Gasteiger partial charge in [-0.25, -0.2) is 9.59 Å². The van der Waals surface area contributed by atoms with Crippen molar-refractivity contribution in [2.45, 2.75) is 39.8 Å². The summed E-state index contributed by atoms with van der Waals surface area (Å²) in [6.45, 7) is 6.16. The second-order valence-corrected chi connectivity index (χ2v) is 5.43. The number of carboxylic acids is 1. The van der Waals surface area contributed by atoms with Gasteiger partial charge in [-0.05, 0) is 24.0 Å². The number of rotatable bonds is 6. The number of hydrogen-bond donors (Lipinski definition) is 2. The second kappa shape index (κ2) is 7.67. The third kappa shape index (κ3) is 4.77. The molecule has 0 fully saturated rings. The van der Waals surface area contributed by atoms with Crippen molar-refractivity contribution in [3.05, 3.63) is 35.4 Å². The van der Waals surface area contributed by atoms with Gasteiger partial charge in [0, 0.05) is 13.6 Å². The summed E-state index contributed by atoms with van der Waals surface area (Å²) in [5, 5.41) is 11.8. The highest BCUT2D eigenvalue weighted by Crippen LogP contribution is 2.11. The lowest BCUT2D eigenvalue weighted by Gasteiger charge is -2.25. The summed E-state index contributed by atoms with van der Waals surface area (Å²) in [6, 6.07) is 6.59. The molecule has 0 aliphatic carbocycles. The number of nitrogens with one attached hydrogen (secondary N) is 1. The van der Waals surface area contributed by atoms with Gasteiger partial charge < -0.3 is 15.3 Å². The van der Waals surface area contributed by atoms with Crippen molar-refractivity contribution in [3.63, 3.8) is 0 Å². The van der Waals surface area contributed by atoms with Gasteiger partial charge in [0.05, 0.1) is 0 Å². The van der Waals surface area contributed by atoms with Crippen LogP contribution in [-0.2, 0) is 11.3 Å². The Labute approximate surface area is 126 Å². The quantitative estimate of drug-likeness (QED) is 0.847. The lowest BCUT2D eigenvalue weighted by molar-refractivity contribution is -0.140. The Morgan fingerprint density at radius 3 is 2.48 bits per heavy atom. The highest BCUT2D eigenvalue weighted by atomic mass is 16.4. The summed E-state index contributed by atoms with van der Waals surface area (Å²) in [5.74, 6) is -1.11. The molecule has 116 valence electrons. The average molecular weight is 292 g/mol. The van der Waals surface area contributed by atoms with Gasteiger partial charge in [-0.2, -0.15) is 0 Å². The normalized spacial score (nSPS) is 13.3. The van der Waals surface area contributed by atoms with Gasteiger partial charge in [-0.15, -0.1) is 0 Å². The fraction of sp³-hybridized carbons (Fsp3) is 0.500. The fourth-order valence-electron chi connectivity index (χ4n) is 2.04. The third-order valence-corrected chi connectivity index (χ3v) is 3.77. The first-order valence-electron chi connectivity index (χ1n) is 7.15. The maximum Gasteiger partial charge on any atom is 0.326 e. The lowest BCUT2D eigenvalue weighted by Crippen LogP contribution is -2.49. The Kier molecular flexibility index (Phi) is 6.21. The van der Waals surface area contributed by atoms with Crippen LogP contribution in [0.5, 0.6) is 0 Å². The van der Waals surface area contributed by atoms with Crippen molar-refractivity contribution in [2.24, 2.45) is 5.92 Å². The molecule has 1 rings (SSSR count). The van der Waals surface area contributed by atoms with E-state index in [0.717, 1.165) is 11.1 Å². The minimum atomic E-state index is -0.998. The molecule has 1 aromatic carbocycles. The molecule has 1 aromatic rings. The number of hydrogen-bond acceptors (Lipinski definition) is 2. The average Bonchev–Trinajstić information content (AvgIpc) is 2.45. The van der Waals surface area contributed by atoms with Gasteiger partial charge in [-0.3, -0.25) is 0 Å². The van der Waals surface area contributed by atoms with Crippen LogP contribution in [0, 0.1) is 12.8 Å². The van der Waals surface area contributed by atoms with E-state index in [1.807, 2.05) is 45.0 Å². The van der Waals surface area contributed by atoms with Crippen LogP contribution in [-0.4, -0.2) is 35.1 Å². The standard InChI is InChI=1S/C16H24N2O3/c1-5-11(2)14(15(19)20)17-16(21)18(4)10-13-9-7-6-8-12(13)3/h6-9,11,14H,5,10H2,1-4H3,(H,17,21)(H,19,20). The summed E-state index contributed by atoms with van der Waals surface area (Å²) < 4.78 is 0. The zero-order valence-electron chi connectivity index (χ0n) is 13.1. The van der Waals surface area contributed by atoms with Crippen molar-refractivity contribution in [2.75, 3.05) is 7.05 Å². The van der Waals surface area contributed by atoms with Crippen LogP contribution in [0.3, 0.4) is 0 Å². The Morgan fingerprint density at radius 1 is 1.33 bits per heavy atom. The van der Waals surface area contributed by atoms with Crippen molar-refractivity contribution < 1.29 is 14.7 Å². The molecule has 0 bridgehead atoms. The molecule has 0 heterocycles. The summed E-state index contributed by atoms with van der Waals surface area (Å²) in [4.78, 5) is 24.9. The first-order valence-corrected chi connectivity index (χ1v) is 7.15. The Hall–Kier alpha value is -2.04. The second-order valence-electron chi connectivity index (χ2n) is 5.43. The molecule has 21 heavy (non-hydrogen) atoms. The predicted octanol–water partition coefficient (Wildman–Crippen LogP) is 2.64. The first-order chi connectivity index (χ1) is 9.86. The number of carbonyl (C=O) groups excluding carboxylic acids is 1. The lowest BCUT2D eigenvalue weighted by atomic mass is 9.99. The maximum absolute atomic E-state index is 12.1. The Morgan fingerprint density at radius 2 is 1.95 bits per heavy atom. The van der Waals surface area contributed by atoms with E-state index in [2.05, 4.69) is 5.32 Å². The number of aryl methyl sites for hydroxylation is 1. The number of nitrogens with zero attached hydrogens (tertiary/aromatic N) is 1. The molecular weight excluding hydrogens is 268 g/mol. The first kappa shape index (κ1) is 17.0. The molecule has 2 N–H and O–H groups in total. The number of benzene rings is 1. The van der Waals surface area contributed by atoms with E-state index >= 15 is 0 Å². The molecule has 0 aliphatic rings. The predicted molar refractivity (Wildman–Crippen MR) is 82.1 cm³/mol. The summed E-state index contributed by atoms with van der Waals surface area (Å²) in [5.41, 5.74) is 2.15. The number of amides is 2. The molecule has 0 radical (unpaired) electrons. The smallest absolute Gasteiger partial charge is 0.326 e. The third-order valence-electron chi connectivity index (χ3n) is 3.77. The van der Waals surface area contributed by atoms with Crippen LogP contribution in [0.4, 0.5) is 4.79 Å². The topological polar surface area (TPSA) is 69.6 Å². The van der Waals surface area contributed by atoms with E-state index in [1.165, 1.54) is 4.90 Å². The molecule has 5 heteroatoms. The molecule has 0 spiro atoms. The van der Waals surface area contributed by atoms with Crippen molar-refractivity contribution in [1.29, 1.82) is 0 Å². The molecule has 0 saturated heterocycles. The highest BCUT2D eigenvalue weighted by Gasteiger charge is 2.26. The van der Waals surface area contributed by atoms with Crippen LogP contribution < -0.4 is 5.32 Å². The number of urea groups is 1. The van der Waals surface area contributed by atoms with E-state index in [-0.39, 0.29) is 11.9 Å². The number of carbonyl (C=O) groups is 2. The molecule has 0 aromatic heterocycles. The molecular formula is C16H24N2O3. The van der Waals surface area contributed by atoms with Crippen molar-refractivity contribution in [1.82, 2.24) is 10.2 Å². The Balaban J connectivity index is 2.70. The molecule has 0 saturated carbocycles. The number of carboxylic acid groups (broad SMARTS) is 1. The molecule has 2 amide bonds. The van der Waals surface area contributed by atoms with E-state index in [4.69, 9.17) is 0 Å². The van der Waals surface area contributed by atoms with Gasteiger partial charge in [0.15, 0.2) is 0 Å². The molecule has 0 aliphatic heterocycles. The van der Waals surface area contributed by atoms with Gasteiger partial charge >= 0.3 is 12.0 Å². The van der Waals surface area contributed by atoms with Gasteiger partial charge in [0.25, 0.3) is 0 Å². The molecule has 5 nitrogen and oxygen atoms in total. The summed E-state index contributed by atoms with van der Waals surface area (Å²) >= 11 is 0. The monoisotopic (exact) mass is 292 g/mol. The Bertz CT molecular complexity index is 502. The van der Waals surface area contributed by atoms with E-state index in [9.17, 15) is 14.7 Å². The summed E-state index contributed by atoms with van der Waals surface area (Å²) in [7, 11) is 1.66.